The second-order valence-electron chi connectivity index (χ2n) is 5.19. The Bertz CT molecular complexity index is 616. The number of hydrogen-bond donors (Lipinski definition) is 2. The number of carbonyl (C=O) groups is 1. The number of fused-ring (bicyclic) bond motifs is 1. The summed E-state index contributed by atoms with van der Waals surface area (Å²) in [6, 6.07) is 3.56. The molecule has 1 unspecified atom stereocenters. The highest BCUT2D eigenvalue weighted by molar-refractivity contribution is 5.74. The van der Waals surface area contributed by atoms with E-state index in [-0.39, 0.29) is 5.92 Å². The molecular weight excluding hydrogens is 242 g/mol. The predicted octanol–water partition coefficient (Wildman–Crippen LogP) is 1.60. The summed E-state index contributed by atoms with van der Waals surface area (Å²) in [6.07, 6.45) is 5.91. The largest absolute Gasteiger partial charge is 0.480 e. The van der Waals surface area contributed by atoms with Gasteiger partial charge >= 0.3 is 5.97 Å². The minimum absolute atomic E-state index is 0.288. The fourth-order valence-corrected chi connectivity index (χ4v) is 2.39. The van der Waals surface area contributed by atoms with E-state index in [0.717, 1.165) is 29.7 Å². The molecule has 0 aromatic carbocycles. The van der Waals surface area contributed by atoms with Crippen LogP contribution in [0.3, 0.4) is 0 Å². The molecule has 5 nitrogen and oxygen atoms in total. The van der Waals surface area contributed by atoms with Gasteiger partial charge in [0.25, 0.3) is 0 Å². The van der Waals surface area contributed by atoms with Crippen molar-refractivity contribution < 1.29 is 9.90 Å². The number of pyridine rings is 1. The number of carboxylic acid groups (broad SMARTS) is 1. The fourth-order valence-electron chi connectivity index (χ4n) is 2.39. The molecule has 5 heteroatoms. The molecule has 2 aromatic rings. The predicted molar refractivity (Wildman–Crippen MR) is 70.9 cm³/mol. The summed E-state index contributed by atoms with van der Waals surface area (Å²) < 4.78 is 1.97. The van der Waals surface area contributed by atoms with Crippen molar-refractivity contribution in [3.63, 3.8) is 0 Å². The Morgan fingerprint density at radius 3 is 3.05 bits per heavy atom. The molecule has 2 heterocycles. The van der Waals surface area contributed by atoms with E-state index < -0.39 is 12.0 Å². The second kappa shape index (κ2) is 4.66. The lowest BCUT2D eigenvalue weighted by Gasteiger charge is -2.11. The first-order chi connectivity index (χ1) is 9.15. The van der Waals surface area contributed by atoms with Crippen LogP contribution in [0.2, 0.25) is 0 Å². The van der Waals surface area contributed by atoms with Crippen LogP contribution in [0.15, 0.2) is 24.5 Å². The van der Waals surface area contributed by atoms with Crippen molar-refractivity contribution in [2.45, 2.75) is 32.4 Å². The van der Waals surface area contributed by atoms with Gasteiger partial charge in [0.05, 0.1) is 5.69 Å². The van der Waals surface area contributed by atoms with E-state index in [1.807, 2.05) is 35.9 Å². The quantitative estimate of drug-likeness (QED) is 0.856. The molecule has 2 aromatic heterocycles. The zero-order chi connectivity index (χ0) is 13.4. The summed E-state index contributed by atoms with van der Waals surface area (Å²) in [5.41, 5.74) is 2.92. The Labute approximate surface area is 111 Å². The van der Waals surface area contributed by atoms with E-state index in [1.165, 1.54) is 0 Å². The first kappa shape index (κ1) is 12.2. The molecule has 0 aliphatic heterocycles. The Morgan fingerprint density at radius 2 is 2.42 bits per heavy atom. The standard InChI is InChI=1S/C14H17N3O2/c1-9-3-2-6-17-8-11(16-13(9)17)7-15-12(14(18)19)10-4-5-10/h2-3,6,8,10,12,15H,4-5,7H2,1H3,(H,18,19). The minimum Gasteiger partial charge on any atom is -0.480 e. The Morgan fingerprint density at radius 1 is 1.63 bits per heavy atom. The van der Waals surface area contributed by atoms with Crippen molar-refractivity contribution in [3.8, 4) is 0 Å². The highest BCUT2D eigenvalue weighted by Gasteiger charge is 2.35. The summed E-state index contributed by atoms with van der Waals surface area (Å²) in [5, 5.41) is 12.3. The van der Waals surface area contributed by atoms with Gasteiger partial charge in [0.1, 0.15) is 11.7 Å². The summed E-state index contributed by atoms with van der Waals surface area (Å²) in [7, 11) is 0. The number of nitrogens with one attached hydrogen (secondary N) is 1. The highest BCUT2D eigenvalue weighted by Crippen LogP contribution is 2.32. The third kappa shape index (κ3) is 2.46. The van der Waals surface area contributed by atoms with Gasteiger partial charge < -0.3 is 9.51 Å². The summed E-state index contributed by atoms with van der Waals surface area (Å²) in [6.45, 7) is 2.51. The van der Waals surface area contributed by atoms with Crippen molar-refractivity contribution in [1.29, 1.82) is 0 Å². The molecule has 2 N–H and O–H groups in total. The van der Waals surface area contributed by atoms with Gasteiger partial charge in [-0.1, -0.05) is 6.07 Å². The van der Waals surface area contributed by atoms with Gasteiger partial charge in [0.2, 0.25) is 0 Å². The second-order valence-corrected chi connectivity index (χ2v) is 5.19. The van der Waals surface area contributed by atoms with Crippen molar-refractivity contribution >= 4 is 11.6 Å². The van der Waals surface area contributed by atoms with E-state index in [9.17, 15) is 4.79 Å². The summed E-state index contributed by atoms with van der Waals surface area (Å²) in [5.74, 6) is -0.473. The van der Waals surface area contributed by atoms with Crippen molar-refractivity contribution in [1.82, 2.24) is 14.7 Å². The molecular formula is C14H17N3O2. The lowest BCUT2D eigenvalue weighted by atomic mass is 10.2. The zero-order valence-electron chi connectivity index (χ0n) is 10.8. The van der Waals surface area contributed by atoms with Crippen molar-refractivity contribution in [2.75, 3.05) is 0 Å². The number of nitrogens with zero attached hydrogens (tertiary/aromatic N) is 2. The van der Waals surface area contributed by atoms with Crippen LogP contribution in [0.4, 0.5) is 0 Å². The maximum Gasteiger partial charge on any atom is 0.320 e. The van der Waals surface area contributed by atoms with E-state index in [0.29, 0.717) is 6.54 Å². The van der Waals surface area contributed by atoms with Gasteiger partial charge in [0, 0.05) is 18.9 Å². The van der Waals surface area contributed by atoms with Crippen LogP contribution in [0.1, 0.15) is 24.1 Å². The van der Waals surface area contributed by atoms with Crippen LogP contribution in [-0.2, 0) is 11.3 Å². The van der Waals surface area contributed by atoms with E-state index in [2.05, 4.69) is 10.3 Å². The topological polar surface area (TPSA) is 66.6 Å². The fraction of sp³-hybridized carbons (Fsp3) is 0.429. The zero-order valence-corrected chi connectivity index (χ0v) is 10.8. The van der Waals surface area contributed by atoms with E-state index >= 15 is 0 Å². The molecule has 1 aliphatic carbocycles. The molecule has 0 saturated heterocycles. The van der Waals surface area contributed by atoms with Crippen LogP contribution in [0.25, 0.3) is 5.65 Å². The maximum atomic E-state index is 11.1. The van der Waals surface area contributed by atoms with Crippen LogP contribution in [-0.4, -0.2) is 26.5 Å². The average Bonchev–Trinajstić information content (AvgIpc) is 3.09. The SMILES string of the molecule is Cc1cccn2cc(CNC(C(=O)O)C3CC3)nc12. The number of imidazole rings is 1. The molecule has 0 spiro atoms. The molecule has 19 heavy (non-hydrogen) atoms. The van der Waals surface area contributed by atoms with Crippen LogP contribution >= 0.6 is 0 Å². The monoisotopic (exact) mass is 259 g/mol. The van der Waals surface area contributed by atoms with Crippen molar-refractivity contribution in [3.05, 3.63) is 35.8 Å². The normalized spacial score (nSPS) is 16.7. The van der Waals surface area contributed by atoms with Gasteiger partial charge in [-0.3, -0.25) is 10.1 Å². The lowest BCUT2D eigenvalue weighted by molar-refractivity contribution is -0.140. The third-order valence-electron chi connectivity index (χ3n) is 3.59. The number of hydrogen-bond acceptors (Lipinski definition) is 3. The van der Waals surface area contributed by atoms with Crippen LogP contribution in [0, 0.1) is 12.8 Å². The Hall–Kier alpha value is -1.88. The molecule has 1 atom stereocenters. The molecule has 1 fully saturated rings. The lowest BCUT2D eigenvalue weighted by Crippen LogP contribution is -2.38. The number of carboxylic acids is 1. The molecule has 3 rings (SSSR count). The molecule has 100 valence electrons. The number of aromatic nitrogens is 2. The van der Waals surface area contributed by atoms with Gasteiger partial charge in [-0.15, -0.1) is 0 Å². The van der Waals surface area contributed by atoms with Gasteiger partial charge in [-0.25, -0.2) is 4.98 Å². The van der Waals surface area contributed by atoms with Crippen LogP contribution < -0.4 is 5.32 Å². The van der Waals surface area contributed by atoms with E-state index in [4.69, 9.17) is 5.11 Å². The number of rotatable bonds is 5. The first-order valence-electron chi connectivity index (χ1n) is 6.54. The maximum absolute atomic E-state index is 11.1. The third-order valence-corrected chi connectivity index (χ3v) is 3.59. The first-order valence-corrected chi connectivity index (χ1v) is 6.54. The highest BCUT2D eigenvalue weighted by atomic mass is 16.4. The molecule has 0 radical (unpaired) electrons. The van der Waals surface area contributed by atoms with Gasteiger partial charge in [0.15, 0.2) is 0 Å². The van der Waals surface area contributed by atoms with Crippen LogP contribution in [0.5, 0.6) is 0 Å². The molecule has 0 bridgehead atoms. The Kier molecular flexibility index (Phi) is 2.98. The van der Waals surface area contributed by atoms with Gasteiger partial charge in [-0.2, -0.15) is 0 Å². The minimum atomic E-state index is -0.762. The van der Waals surface area contributed by atoms with E-state index in [1.54, 1.807) is 0 Å². The molecule has 1 aliphatic rings. The smallest absolute Gasteiger partial charge is 0.320 e. The molecule has 1 saturated carbocycles. The average molecular weight is 259 g/mol. The Balaban J connectivity index is 1.74. The molecule has 0 amide bonds. The van der Waals surface area contributed by atoms with Crippen molar-refractivity contribution in [2.24, 2.45) is 5.92 Å². The summed E-state index contributed by atoms with van der Waals surface area (Å²) in [4.78, 5) is 15.7. The summed E-state index contributed by atoms with van der Waals surface area (Å²) >= 11 is 0. The number of aryl methyl sites for hydroxylation is 1. The van der Waals surface area contributed by atoms with Gasteiger partial charge in [-0.05, 0) is 37.3 Å². The number of aliphatic carboxylic acids is 1.